The van der Waals surface area contributed by atoms with Crippen molar-refractivity contribution in [3.8, 4) is 0 Å². The van der Waals surface area contributed by atoms with Gasteiger partial charge in [0.2, 0.25) is 5.91 Å². The first kappa shape index (κ1) is 13.5. The number of carbonyl (C=O) groups excluding carboxylic acids is 1. The summed E-state index contributed by atoms with van der Waals surface area (Å²) in [6.45, 7) is 3.86. The van der Waals surface area contributed by atoms with Crippen molar-refractivity contribution >= 4 is 5.91 Å². The maximum atomic E-state index is 11.6. The van der Waals surface area contributed by atoms with Crippen molar-refractivity contribution in [2.75, 3.05) is 0 Å². The Morgan fingerprint density at radius 3 is 2.44 bits per heavy atom. The summed E-state index contributed by atoms with van der Waals surface area (Å²) in [5.74, 6) is 0.0833. The molecule has 4 nitrogen and oxygen atoms in total. The van der Waals surface area contributed by atoms with E-state index in [1.165, 1.54) is 0 Å². The van der Waals surface area contributed by atoms with E-state index in [0.29, 0.717) is 12.8 Å². The van der Waals surface area contributed by atoms with Gasteiger partial charge in [-0.2, -0.15) is 0 Å². The summed E-state index contributed by atoms with van der Waals surface area (Å²) in [6, 6.07) is 0.247. The maximum absolute atomic E-state index is 11.6. The Hall–Kier alpha value is -0.610. The monoisotopic (exact) mass is 228 g/mol. The molecule has 1 saturated carbocycles. The molecular formula is C12H24N2O2. The van der Waals surface area contributed by atoms with Gasteiger partial charge in [0.1, 0.15) is 0 Å². The maximum Gasteiger partial charge on any atom is 0.220 e. The molecule has 1 aliphatic carbocycles. The number of nitrogens with two attached hydrogens (primary N) is 1. The van der Waals surface area contributed by atoms with Crippen LogP contribution in [0.2, 0.25) is 0 Å². The molecule has 0 aromatic rings. The molecular weight excluding hydrogens is 204 g/mol. The molecule has 0 bridgehead atoms. The highest BCUT2D eigenvalue weighted by Gasteiger charge is 2.21. The van der Waals surface area contributed by atoms with Crippen LogP contribution in [0.4, 0.5) is 0 Å². The number of hydrogen-bond donors (Lipinski definition) is 3. The summed E-state index contributed by atoms with van der Waals surface area (Å²) in [5.41, 5.74) is 5.54. The number of hydrogen-bond acceptors (Lipinski definition) is 3. The molecule has 0 heterocycles. The number of aliphatic hydroxyl groups is 1. The second kappa shape index (κ2) is 5.64. The third kappa shape index (κ3) is 5.47. The fourth-order valence-corrected chi connectivity index (χ4v) is 1.96. The van der Waals surface area contributed by atoms with Crippen LogP contribution < -0.4 is 11.1 Å². The Kier molecular flexibility index (Phi) is 4.74. The molecule has 1 amide bonds. The standard InChI is InChI=1S/C12H24N2O2/c1-12(2,13)8-7-11(16)14-9-3-5-10(15)6-4-9/h9-10,15H,3-8,13H2,1-2H3,(H,14,16). The summed E-state index contributed by atoms with van der Waals surface area (Å²) in [4.78, 5) is 11.6. The van der Waals surface area contributed by atoms with Crippen LogP contribution in [0.3, 0.4) is 0 Å². The van der Waals surface area contributed by atoms with E-state index in [2.05, 4.69) is 5.32 Å². The fourth-order valence-electron chi connectivity index (χ4n) is 1.96. The third-order valence-corrected chi connectivity index (χ3v) is 3.06. The Labute approximate surface area is 97.6 Å². The van der Waals surface area contributed by atoms with Crippen molar-refractivity contribution in [2.24, 2.45) is 5.73 Å². The van der Waals surface area contributed by atoms with Gasteiger partial charge < -0.3 is 16.2 Å². The van der Waals surface area contributed by atoms with E-state index >= 15 is 0 Å². The highest BCUT2D eigenvalue weighted by molar-refractivity contribution is 5.76. The molecule has 0 atom stereocenters. The first-order chi connectivity index (χ1) is 7.37. The van der Waals surface area contributed by atoms with Crippen LogP contribution in [0.15, 0.2) is 0 Å². The Morgan fingerprint density at radius 2 is 1.94 bits per heavy atom. The van der Waals surface area contributed by atoms with E-state index in [4.69, 9.17) is 5.73 Å². The zero-order chi connectivity index (χ0) is 12.2. The van der Waals surface area contributed by atoms with Crippen molar-refractivity contribution in [2.45, 2.75) is 70.1 Å². The van der Waals surface area contributed by atoms with Crippen molar-refractivity contribution in [1.29, 1.82) is 0 Å². The minimum atomic E-state index is -0.278. The minimum absolute atomic E-state index is 0.0833. The molecule has 0 aromatic carbocycles. The summed E-state index contributed by atoms with van der Waals surface area (Å²) in [6.07, 6.45) is 4.39. The predicted octanol–water partition coefficient (Wildman–Crippen LogP) is 0.924. The summed E-state index contributed by atoms with van der Waals surface area (Å²) in [5, 5.41) is 12.3. The second-order valence-corrected chi connectivity index (χ2v) is 5.56. The van der Waals surface area contributed by atoms with Crippen LogP contribution in [0.5, 0.6) is 0 Å². The largest absolute Gasteiger partial charge is 0.393 e. The van der Waals surface area contributed by atoms with Gasteiger partial charge in [-0.25, -0.2) is 0 Å². The van der Waals surface area contributed by atoms with E-state index in [0.717, 1.165) is 25.7 Å². The van der Waals surface area contributed by atoms with Gasteiger partial charge in [-0.05, 0) is 46.0 Å². The average molecular weight is 228 g/mol. The van der Waals surface area contributed by atoms with Crippen LogP contribution >= 0.6 is 0 Å². The van der Waals surface area contributed by atoms with E-state index in [1.807, 2.05) is 13.8 Å². The van der Waals surface area contributed by atoms with Crippen LogP contribution in [0.1, 0.15) is 52.4 Å². The molecule has 1 fully saturated rings. The molecule has 94 valence electrons. The summed E-state index contributed by atoms with van der Waals surface area (Å²) >= 11 is 0. The molecule has 1 aliphatic rings. The van der Waals surface area contributed by atoms with Gasteiger partial charge in [0.05, 0.1) is 6.10 Å². The third-order valence-electron chi connectivity index (χ3n) is 3.06. The fraction of sp³-hybridized carbons (Fsp3) is 0.917. The van der Waals surface area contributed by atoms with Crippen molar-refractivity contribution in [1.82, 2.24) is 5.32 Å². The van der Waals surface area contributed by atoms with Gasteiger partial charge in [-0.1, -0.05) is 0 Å². The molecule has 1 rings (SSSR count). The van der Waals surface area contributed by atoms with Gasteiger partial charge in [-0.15, -0.1) is 0 Å². The van der Waals surface area contributed by atoms with Gasteiger partial charge >= 0.3 is 0 Å². The number of nitrogens with one attached hydrogen (secondary N) is 1. The molecule has 0 aromatic heterocycles. The molecule has 16 heavy (non-hydrogen) atoms. The molecule has 0 saturated heterocycles. The topological polar surface area (TPSA) is 75.4 Å². The van der Waals surface area contributed by atoms with E-state index in [-0.39, 0.29) is 23.6 Å². The first-order valence-corrected chi connectivity index (χ1v) is 6.13. The Morgan fingerprint density at radius 1 is 1.38 bits per heavy atom. The number of amides is 1. The van der Waals surface area contributed by atoms with Crippen molar-refractivity contribution in [3.63, 3.8) is 0 Å². The molecule has 4 N–H and O–H groups in total. The molecule has 0 aliphatic heterocycles. The molecule has 0 unspecified atom stereocenters. The molecule has 0 spiro atoms. The van der Waals surface area contributed by atoms with Crippen molar-refractivity contribution < 1.29 is 9.90 Å². The highest BCUT2D eigenvalue weighted by Crippen LogP contribution is 2.18. The van der Waals surface area contributed by atoms with Gasteiger partial charge in [-0.3, -0.25) is 4.79 Å². The van der Waals surface area contributed by atoms with Gasteiger partial charge in [0, 0.05) is 18.0 Å². The minimum Gasteiger partial charge on any atom is -0.393 e. The van der Waals surface area contributed by atoms with Crippen LogP contribution in [-0.4, -0.2) is 28.7 Å². The van der Waals surface area contributed by atoms with Gasteiger partial charge in [0.15, 0.2) is 0 Å². The molecule has 0 radical (unpaired) electrons. The smallest absolute Gasteiger partial charge is 0.220 e. The van der Waals surface area contributed by atoms with E-state index < -0.39 is 0 Å². The van der Waals surface area contributed by atoms with E-state index in [1.54, 1.807) is 0 Å². The normalized spacial score (nSPS) is 26.5. The quantitative estimate of drug-likeness (QED) is 0.670. The number of rotatable bonds is 4. The number of carbonyl (C=O) groups is 1. The zero-order valence-corrected chi connectivity index (χ0v) is 10.3. The summed E-state index contributed by atoms with van der Waals surface area (Å²) < 4.78 is 0. The van der Waals surface area contributed by atoms with Gasteiger partial charge in [0.25, 0.3) is 0 Å². The Bertz CT molecular complexity index is 228. The van der Waals surface area contributed by atoms with E-state index in [9.17, 15) is 9.90 Å². The zero-order valence-electron chi connectivity index (χ0n) is 10.3. The van der Waals surface area contributed by atoms with Crippen LogP contribution in [0.25, 0.3) is 0 Å². The summed E-state index contributed by atoms with van der Waals surface area (Å²) in [7, 11) is 0. The first-order valence-electron chi connectivity index (χ1n) is 6.13. The van der Waals surface area contributed by atoms with Crippen LogP contribution in [-0.2, 0) is 4.79 Å². The highest BCUT2D eigenvalue weighted by atomic mass is 16.3. The second-order valence-electron chi connectivity index (χ2n) is 5.56. The molecule has 4 heteroatoms. The SMILES string of the molecule is CC(C)(N)CCC(=O)NC1CCC(O)CC1. The predicted molar refractivity (Wildman–Crippen MR) is 63.9 cm³/mol. The lowest BCUT2D eigenvalue weighted by Crippen LogP contribution is -2.40. The van der Waals surface area contributed by atoms with Crippen LogP contribution in [0, 0.1) is 0 Å². The lowest BCUT2D eigenvalue weighted by molar-refractivity contribution is -0.122. The van der Waals surface area contributed by atoms with Crippen molar-refractivity contribution in [3.05, 3.63) is 0 Å². The average Bonchev–Trinajstić information content (AvgIpc) is 2.18. The number of aliphatic hydroxyl groups excluding tert-OH is 1. The lowest BCUT2D eigenvalue weighted by atomic mass is 9.93. The lowest BCUT2D eigenvalue weighted by Gasteiger charge is -2.26. The Balaban J connectivity index is 2.19.